The highest BCUT2D eigenvalue weighted by Gasteiger charge is 2.13. The fraction of sp³-hybridized carbons (Fsp3) is 0.455. The van der Waals surface area contributed by atoms with Gasteiger partial charge in [-0.2, -0.15) is 0 Å². The van der Waals surface area contributed by atoms with Crippen LogP contribution < -0.4 is 10.6 Å². The first-order valence-corrected chi connectivity index (χ1v) is 6.35. The molecule has 0 spiro atoms. The third kappa shape index (κ3) is 3.10. The summed E-state index contributed by atoms with van der Waals surface area (Å²) in [6.07, 6.45) is 2.55. The number of rotatable bonds is 3. The van der Waals surface area contributed by atoms with Gasteiger partial charge in [-0.05, 0) is 53.5 Å². The molecule has 1 heterocycles. The Labute approximate surface area is 104 Å². The van der Waals surface area contributed by atoms with Gasteiger partial charge in [0.05, 0.1) is 0 Å². The van der Waals surface area contributed by atoms with Crippen molar-refractivity contribution >= 4 is 33.2 Å². The van der Waals surface area contributed by atoms with Crippen molar-refractivity contribution in [2.75, 3.05) is 18.4 Å². The monoisotopic (exact) mass is 288 g/mol. The number of benzene rings is 1. The molecule has 0 aliphatic carbocycles. The standard InChI is InChI=1S/C11H14BrClN2/c12-10-6-8(13)3-4-11(10)15-7-9-2-1-5-14-9/h3-4,6,9,14-15H,1-2,5,7H2. The third-order valence-corrected chi connectivity index (χ3v) is 3.52. The van der Waals surface area contributed by atoms with Crippen LogP contribution in [0.25, 0.3) is 0 Å². The van der Waals surface area contributed by atoms with Crippen LogP contribution in [0.3, 0.4) is 0 Å². The summed E-state index contributed by atoms with van der Waals surface area (Å²) in [5.41, 5.74) is 1.10. The van der Waals surface area contributed by atoms with Gasteiger partial charge in [-0.25, -0.2) is 0 Å². The molecule has 2 nitrogen and oxygen atoms in total. The van der Waals surface area contributed by atoms with Crippen LogP contribution >= 0.6 is 27.5 Å². The van der Waals surface area contributed by atoms with Crippen molar-refractivity contribution in [2.24, 2.45) is 0 Å². The zero-order chi connectivity index (χ0) is 10.7. The van der Waals surface area contributed by atoms with Crippen LogP contribution in [0.2, 0.25) is 5.02 Å². The molecule has 0 amide bonds. The molecule has 1 aromatic carbocycles. The van der Waals surface area contributed by atoms with Crippen LogP contribution in [0, 0.1) is 0 Å². The van der Waals surface area contributed by atoms with Crippen molar-refractivity contribution < 1.29 is 0 Å². The van der Waals surface area contributed by atoms with Gasteiger partial charge in [0.15, 0.2) is 0 Å². The van der Waals surface area contributed by atoms with Crippen LogP contribution in [-0.2, 0) is 0 Å². The second kappa shape index (κ2) is 5.19. The Kier molecular flexibility index (Phi) is 3.89. The number of anilines is 1. The SMILES string of the molecule is Clc1ccc(NCC2CCCN2)c(Br)c1. The molecule has 1 aromatic rings. The highest BCUT2D eigenvalue weighted by Crippen LogP contribution is 2.25. The van der Waals surface area contributed by atoms with Gasteiger partial charge in [-0.3, -0.25) is 0 Å². The number of halogens is 2. The Morgan fingerprint density at radius 3 is 3.07 bits per heavy atom. The molecule has 4 heteroatoms. The maximum atomic E-state index is 5.87. The molecule has 2 N–H and O–H groups in total. The van der Waals surface area contributed by atoms with E-state index < -0.39 is 0 Å². The fourth-order valence-corrected chi connectivity index (χ4v) is 2.62. The molecular weight excluding hydrogens is 275 g/mol. The van der Waals surface area contributed by atoms with E-state index in [1.54, 1.807) is 0 Å². The Morgan fingerprint density at radius 1 is 1.53 bits per heavy atom. The molecule has 1 aliphatic rings. The zero-order valence-corrected chi connectivity index (χ0v) is 10.7. The van der Waals surface area contributed by atoms with Crippen molar-refractivity contribution in [1.82, 2.24) is 5.32 Å². The van der Waals surface area contributed by atoms with Gasteiger partial charge >= 0.3 is 0 Å². The molecule has 15 heavy (non-hydrogen) atoms. The van der Waals surface area contributed by atoms with E-state index in [4.69, 9.17) is 11.6 Å². The van der Waals surface area contributed by atoms with Crippen molar-refractivity contribution in [1.29, 1.82) is 0 Å². The lowest BCUT2D eigenvalue weighted by Crippen LogP contribution is -2.29. The second-order valence-corrected chi connectivity index (χ2v) is 5.09. The van der Waals surface area contributed by atoms with Crippen LogP contribution in [0.15, 0.2) is 22.7 Å². The van der Waals surface area contributed by atoms with Gasteiger partial charge < -0.3 is 10.6 Å². The molecule has 2 rings (SSSR count). The molecule has 82 valence electrons. The Hall–Kier alpha value is -0.250. The lowest BCUT2D eigenvalue weighted by Gasteiger charge is -2.13. The van der Waals surface area contributed by atoms with E-state index in [1.165, 1.54) is 12.8 Å². The molecule has 1 atom stereocenters. The highest BCUT2D eigenvalue weighted by atomic mass is 79.9. The van der Waals surface area contributed by atoms with Crippen molar-refractivity contribution in [3.8, 4) is 0 Å². The molecule has 0 saturated carbocycles. The van der Waals surface area contributed by atoms with Gasteiger partial charge in [-0.1, -0.05) is 11.6 Å². The molecule has 1 unspecified atom stereocenters. The number of hydrogen-bond acceptors (Lipinski definition) is 2. The molecule has 0 bridgehead atoms. The molecule has 1 fully saturated rings. The molecule has 0 aromatic heterocycles. The summed E-state index contributed by atoms with van der Waals surface area (Å²) in [5, 5.41) is 7.62. The maximum Gasteiger partial charge on any atom is 0.0486 e. The normalized spacial score (nSPS) is 20.5. The summed E-state index contributed by atoms with van der Waals surface area (Å²) in [7, 11) is 0. The van der Waals surface area contributed by atoms with E-state index in [2.05, 4.69) is 26.6 Å². The first-order chi connectivity index (χ1) is 7.25. The first kappa shape index (κ1) is 11.2. The molecule has 1 saturated heterocycles. The van der Waals surface area contributed by atoms with Crippen LogP contribution in [0.4, 0.5) is 5.69 Å². The first-order valence-electron chi connectivity index (χ1n) is 5.18. The van der Waals surface area contributed by atoms with E-state index in [0.29, 0.717) is 6.04 Å². The van der Waals surface area contributed by atoms with Crippen LogP contribution in [0.5, 0.6) is 0 Å². The van der Waals surface area contributed by atoms with Gasteiger partial charge in [0.25, 0.3) is 0 Å². The van der Waals surface area contributed by atoms with Gasteiger partial charge in [0.1, 0.15) is 0 Å². The summed E-state index contributed by atoms with van der Waals surface area (Å²) in [6, 6.07) is 6.41. The minimum absolute atomic E-state index is 0.604. The average molecular weight is 290 g/mol. The number of hydrogen-bond donors (Lipinski definition) is 2. The van der Waals surface area contributed by atoms with Crippen LogP contribution in [-0.4, -0.2) is 19.1 Å². The van der Waals surface area contributed by atoms with E-state index in [0.717, 1.165) is 28.3 Å². The minimum atomic E-state index is 0.604. The summed E-state index contributed by atoms with van der Waals surface area (Å²) < 4.78 is 1.02. The van der Waals surface area contributed by atoms with E-state index >= 15 is 0 Å². The predicted octanol–water partition coefficient (Wildman–Crippen LogP) is 3.27. The summed E-state index contributed by atoms with van der Waals surface area (Å²) >= 11 is 9.36. The average Bonchev–Trinajstić information content (AvgIpc) is 2.69. The van der Waals surface area contributed by atoms with Crippen LogP contribution in [0.1, 0.15) is 12.8 Å². The smallest absolute Gasteiger partial charge is 0.0486 e. The topological polar surface area (TPSA) is 24.1 Å². The number of nitrogens with one attached hydrogen (secondary N) is 2. The molecular formula is C11H14BrClN2. The lowest BCUT2D eigenvalue weighted by atomic mass is 10.2. The van der Waals surface area contributed by atoms with Gasteiger partial charge in [-0.15, -0.1) is 0 Å². The van der Waals surface area contributed by atoms with Crippen molar-refractivity contribution in [3.63, 3.8) is 0 Å². The Morgan fingerprint density at radius 2 is 2.40 bits per heavy atom. The van der Waals surface area contributed by atoms with E-state index in [9.17, 15) is 0 Å². The Bertz CT molecular complexity index is 337. The summed E-state index contributed by atoms with van der Waals surface area (Å²) in [4.78, 5) is 0. The van der Waals surface area contributed by atoms with Gasteiger partial charge in [0.2, 0.25) is 0 Å². The second-order valence-electron chi connectivity index (χ2n) is 3.80. The molecule has 0 radical (unpaired) electrons. The zero-order valence-electron chi connectivity index (χ0n) is 8.39. The molecule has 1 aliphatic heterocycles. The largest absolute Gasteiger partial charge is 0.383 e. The maximum absolute atomic E-state index is 5.87. The van der Waals surface area contributed by atoms with Crippen molar-refractivity contribution in [2.45, 2.75) is 18.9 Å². The Balaban J connectivity index is 1.92. The fourth-order valence-electron chi connectivity index (χ4n) is 1.80. The van der Waals surface area contributed by atoms with E-state index in [1.807, 2.05) is 18.2 Å². The van der Waals surface area contributed by atoms with E-state index in [-0.39, 0.29) is 0 Å². The summed E-state index contributed by atoms with van der Waals surface area (Å²) in [6.45, 7) is 2.12. The van der Waals surface area contributed by atoms with Crippen molar-refractivity contribution in [3.05, 3.63) is 27.7 Å². The highest BCUT2D eigenvalue weighted by molar-refractivity contribution is 9.10. The lowest BCUT2D eigenvalue weighted by molar-refractivity contribution is 0.633. The van der Waals surface area contributed by atoms with Gasteiger partial charge in [0, 0.05) is 27.8 Å². The predicted molar refractivity (Wildman–Crippen MR) is 68.7 cm³/mol. The minimum Gasteiger partial charge on any atom is -0.383 e. The summed E-state index contributed by atoms with van der Waals surface area (Å²) in [5.74, 6) is 0. The third-order valence-electron chi connectivity index (χ3n) is 2.63. The quantitative estimate of drug-likeness (QED) is 0.892.